The number of ether oxygens (including phenoxy) is 1. The molecule has 0 aliphatic rings. The van der Waals surface area contributed by atoms with E-state index in [1.165, 1.54) is 6.07 Å². The maximum atomic E-state index is 13.5. The fraction of sp³-hybridized carbons (Fsp3) is 0.526. The number of hydrogen-bond acceptors (Lipinski definition) is 3. The number of aromatic nitrogens is 1. The molecule has 152 valence electrons. The van der Waals surface area contributed by atoms with Gasteiger partial charge in [-0.2, -0.15) is 0 Å². The Morgan fingerprint density at radius 2 is 2.11 bits per heavy atom. The summed E-state index contributed by atoms with van der Waals surface area (Å²) in [6.45, 7) is 6.80. The average molecular weight is 491 g/mol. The minimum absolute atomic E-state index is 0. The zero-order valence-electron chi connectivity index (χ0n) is 16.3. The standard InChI is InChI=1S/C19H30FN5O.HI/c1-4-21-19(23-9-10-25(2)11-12-26-3)22-8-7-15-14-24-18-6-5-16(20)13-17(15)18;/h5-6,13-14,24H,4,7-12H2,1-3H3,(H2,21,22,23);1H. The molecule has 0 fully saturated rings. The number of fused-ring (bicyclic) bond motifs is 1. The number of aromatic amines is 1. The minimum atomic E-state index is -0.209. The van der Waals surface area contributed by atoms with Gasteiger partial charge in [-0.3, -0.25) is 4.99 Å². The maximum absolute atomic E-state index is 13.5. The summed E-state index contributed by atoms with van der Waals surface area (Å²) in [7, 11) is 3.77. The van der Waals surface area contributed by atoms with Crippen molar-refractivity contribution in [2.24, 2.45) is 4.99 Å². The molecular formula is C19H31FIN5O. The monoisotopic (exact) mass is 491 g/mol. The summed E-state index contributed by atoms with van der Waals surface area (Å²) in [6, 6.07) is 4.82. The molecule has 0 amide bonds. The second-order valence-corrected chi connectivity index (χ2v) is 6.24. The molecule has 1 heterocycles. The van der Waals surface area contributed by atoms with Crippen molar-refractivity contribution < 1.29 is 9.13 Å². The highest BCUT2D eigenvalue weighted by molar-refractivity contribution is 14.0. The lowest BCUT2D eigenvalue weighted by molar-refractivity contribution is 0.163. The van der Waals surface area contributed by atoms with Gasteiger partial charge in [0, 0.05) is 50.4 Å². The lowest BCUT2D eigenvalue weighted by Gasteiger charge is -2.15. The van der Waals surface area contributed by atoms with Crippen LogP contribution in [0.5, 0.6) is 0 Å². The molecule has 0 bridgehead atoms. The number of nitrogens with zero attached hydrogens (tertiary/aromatic N) is 2. The molecule has 0 saturated carbocycles. The highest BCUT2D eigenvalue weighted by Gasteiger charge is 2.05. The van der Waals surface area contributed by atoms with Crippen LogP contribution >= 0.6 is 24.0 Å². The van der Waals surface area contributed by atoms with Crippen LogP contribution in [0.15, 0.2) is 29.4 Å². The first-order chi connectivity index (χ1) is 12.6. The molecule has 1 aromatic heterocycles. The van der Waals surface area contributed by atoms with Gasteiger partial charge >= 0.3 is 0 Å². The molecule has 0 radical (unpaired) electrons. The van der Waals surface area contributed by atoms with Crippen LogP contribution in [0.25, 0.3) is 10.9 Å². The Hall–Kier alpha value is -1.39. The van der Waals surface area contributed by atoms with Crippen molar-refractivity contribution in [3.05, 3.63) is 35.8 Å². The molecule has 0 saturated heterocycles. The minimum Gasteiger partial charge on any atom is -0.383 e. The summed E-state index contributed by atoms with van der Waals surface area (Å²) < 4.78 is 18.5. The topological polar surface area (TPSA) is 64.7 Å². The van der Waals surface area contributed by atoms with Crippen LogP contribution in [-0.2, 0) is 11.2 Å². The van der Waals surface area contributed by atoms with E-state index in [2.05, 4.69) is 32.6 Å². The molecular weight excluding hydrogens is 460 g/mol. The number of likely N-dealkylation sites (N-methyl/N-ethyl adjacent to an activating group) is 1. The number of hydrogen-bond donors (Lipinski definition) is 3. The summed E-state index contributed by atoms with van der Waals surface area (Å²) in [5, 5.41) is 7.54. The number of nitrogens with one attached hydrogen (secondary N) is 3. The van der Waals surface area contributed by atoms with Gasteiger partial charge in [0.25, 0.3) is 0 Å². The lowest BCUT2D eigenvalue weighted by atomic mass is 10.1. The predicted octanol–water partition coefficient (Wildman–Crippen LogP) is 2.60. The van der Waals surface area contributed by atoms with Crippen molar-refractivity contribution in [3.63, 3.8) is 0 Å². The molecule has 0 spiro atoms. The van der Waals surface area contributed by atoms with Gasteiger partial charge in [0.1, 0.15) is 5.82 Å². The second kappa shape index (κ2) is 12.9. The van der Waals surface area contributed by atoms with Gasteiger partial charge in [-0.05, 0) is 44.2 Å². The SMILES string of the molecule is CCNC(=NCCN(C)CCOC)NCCc1c[nH]c2ccc(F)cc12.I. The fourth-order valence-electron chi connectivity index (χ4n) is 2.71. The molecule has 0 aliphatic heterocycles. The second-order valence-electron chi connectivity index (χ2n) is 6.24. The Morgan fingerprint density at radius 3 is 2.85 bits per heavy atom. The third-order valence-electron chi connectivity index (χ3n) is 4.19. The van der Waals surface area contributed by atoms with Gasteiger partial charge in [-0.15, -0.1) is 24.0 Å². The van der Waals surface area contributed by atoms with E-state index in [0.29, 0.717) is 6.54 Å². The quantitative estimate of drug-likeness (QED) is 0.272. The number of benzene rings is 1. The Bertz CT molecular complexity index is 706. The molecule has 6 nitrogen and oxygen atoms in total. The largest absolute Gasteiger partial charge is 0.383 e. The normalized spacial score (nSPS) is 11.7. The van der Waals surface area contributed by atoms with Crippen LogP contribution in [0.1, 0.15) is 12.5 Å². The van der Waals surface area contributed by atoms with Gasteiger partial charge in [-0.25, -0.2) is 4.39 Å². The smallest absolute Gasteiger partial charge is 0.191 e. The molecule has 8 heteroatoms. The van der Waals surface area contributed by atoms with Gasteiger partial charge in [0.05, 0.1) is 13.2 Å². The van der Waals surface area contributed by atoms with E-state index in [-0.39, 0.29) is 29.8 Å². The summed E-state index contributed by atoms with van der Waals surface area (Å²) in [6.07, 6.45) is 2.74. The van der Waals surface area contributed by atoms with Crippen molar-refractivity contribution in [2.45, 2.75) is 13.3 Å². The molecule has 1 aromatic carbocycles. The molecule has 0 atom stereocenters. The van der Waals surface area contributed by atoms with Crippen LogP contribution in [-0.4, -0.2) is 69.3 Å². The number of guanidine groups is 1. The van der Waals surface area contributed by atoms with Gasteiger partial charge < -0.3 is 25.3 Å². The number of rotatable bonds is 10. The van der Waals surface area contributed by atoms with Gasteiger partial charge in [0.15, 0.2) is 5.96 Å². The van der Waals surface area contributed by atoms with Crippen molar-refractivity contribution in [1.82, 2.24) is 20.5 Å². The molecule has 27 heavy (non-hydrogen) atoms. The van der Waals surface area contributed by atoms with Gasteiger partial charge in [-0.1, -0.05) is 0 Å². The van der Waals surface area contributed by atoms with Crippen molar-refractivity contribution in [1.29, 1.82) is 0 Å². The number of aliphatic imine (C=N–C) groups is 1. The first-order valence-electron chi connectivity index (χ1n) is 9.09. The lowest BCUT2D eigenvalue weighted by Crippen LogP contribution is -2.39. The van der Waals surface area contributed by atoms with Crippen LogP contribution in [0.3, 0.4) is 0 Å². The third-order valence-corrected chi connectivity index (χ3v) is 4.19. The zero-order chi connectivity index (χ0) is 18.8. The van der Waals surface area contributed by atoms with E-state index in [1.54, 1.807) is 19.2 Å². The highest BCUT2D eigenvalue weighted by Crippen LogP contribution is 2.19. The van der Waals surface area contributed by atoms with E-state index in [9.17, 15) is 4.39 Å². The molecule has 2 rings (SSSR count). The average Bonchev–Trinajstić information content (AvgIpc) is 3.02. The van der Waals surface area contributed by atoms with Crippen molar-refractivity contribution in [2.75, 3.05) is 53.5 Å². The summed E-state index contributed by atoms with van der Waals surface area (Å²) in [4.78, 5) is 9.98. The van der Waals surface area contributed by atoms with Gasteiger partial charge in [0.2, 0.25) is 0 Å². The first kappa shape index (κ1) is 23.6. The number of H-pyrrole nitrogens is 1. The van der Waals surface area contributed by atoms with E-state index in [1.807, 2.05) is 13.1 Å². The number of halogens is 2. The summed E-state index contributed by atoms with van der Waals surface area (Å²) in [5.41, 5.74) is 2.06. The van der Waals surface area contributed by atoms with Crippen molar-refractivity contribution >= 4 is 40.8 Å². The van der Waals surface area contributed by atoms with E-state index in [0.717, 1.165) is 61.6 Å². The Morgan fingerprint density at radius 1 is 1.30 bits per heavy atom. The fourth-order valence-corrected chi connectivity index (χ4v) is 2.71. The molecule has 0 unspecified atom stereocenters. The van der Waals surface area contributed by atoms with Crippen LogP contribution in [0.4, 0.5) is 4.39 Å². The van der Waals surface area contributed by atoms with Crippen molar-refractivity contribution in [3.8, 4) is 0 Å². The zero-order valence-corrected chi connectivity index (χ0v) is 18.7. The molecule has 3 N–H and O–H groups in total. The molecule has 0 aliphatic carbocycles. The Balaban J connectivity index is 0.00000364. The predicted molar refractivity (Wildman–Crippen MR) is 121 cm³/mol. The summed E-state index contributed by atoms with van der Waals surface area (Å²) in [5.74, 6) is 0.595. The number of methoxy groups -OCH3 is 1. The van der Waals surface area contributed by atoms with Crippen LogP contribution in [0.2, 0.25) is 0 Å². The Kier molecular flexibility index (Phi) is 11.3. The van der Waals surface area contributed by atoms with Crippen LogP contribution < -0.4 is 10.6 Å². The van der Waals surface area contributed by atoms with E-state index >= 15 is 0 Å². The highest BCUT2D eigenvalue weighted by atomic mass is 127. The van der Waals surface area contributed by atoms with E-state index < -0.39 is 0 Å². The Labute approximate surface area is 178 Å². The third kappa shape index (κ3) is 8.02. The first-order valence-corrected chi connectivity index (χ1v) is 9.09. The van der Waals surface area contributed by atoms with Crippen LogP contribution in [0, 0.1) is 5.82 Å². The van der Waals surface area contributed by atoms with E-state index in [4.69, 9.17) is 4.74 Å². The maximum Gasteiger partial charge on any atom is 0.191 e. The molecule has 2 aromatic rings. The summed E-state index contributed by atoms with van der Waals surface area (Å²) >= 11 is 0.